The molecule has 0 saturated carbocycles. The molecular formula is C20H26N3O2+. The van der Waals surface area contributed by atoms with E-state index in [0.29, 0.717) is 6.61 Å². The third-order valence-electron chi connectivity index (χ3n) is 4.37. The first-order chi connectivity index (χ1) is 12.1. The van der Waals surface area contributed by atoms with Gasteiger partial charge in [-0.1, -0.05) is 0 Å². The number of aromatic nitrogens is 1. The van der Waals surface area contributed by atoms with E-state index in [4.69, 9.17) is 14.1 Å². The molecule has 0 aromatic heterocycles. The van der Waals surface area contributed by atoms with Crippen LogP contribution in [0.15, 0.2) is 34.7 Å². The van der Waals surface area contributed by atoms with Gasteiger partial charge in [-0.05, 0) is 26.8 Å². The highest BCUT2D eigenvalue weighted by Crippen LogP contribution is 2.34. The second-order valence-corrected chi connectivity index (χ2v) is 6.16. The summed E-state index contributed by atoms with van der Waals surface area (Å²) in [5.74, 6) is 1.54. The Labute approximate surface area is 148 Å². The van der Waals surface area contributed by atoms with Gasteiger partial charge in [0.2, 0.25) is 5.36 Å². The Bertz CT molecular complexity index is 922. The van der Waals surface area contributed by atoms with Crippen molar-refractivity contribution >= 4 is 16.8 Å². The Morgan fingerprint density at radius 3 is 2.48 bits per heavy atom. The summed E-state index contributed by atoms with van der Waals surface area (Å²) in [4.78, 5) is 7.07. The van der Waals surface area contributed by atoms with Crippen LogP contribution in [0.1, 0.15) is 20.8 Å². The Morgan fingerprint density at radius 1 is 1.08 bits per heavy atom. The van der Waals surface area contributed by atoms with Crippen LogP contribution in [0.5, 0.6) is 5.75 Å². The average Bonchev–Trinajstić information content (AvgIpc) is 2.61. The van der Waals surface area contributed by atoms with Crippen molar-refractivity contribution < 1.29 is 9.15 Å². The van der Waals surface area contributed by atoms with Crippen LogP contribution in [-0.4, -0.2) is 38.8 Å². The first-order valence-electron chi connectivity index (χ1n) is 8.84. The standard InChI is InChI=1S/C20H26N3O2/c1-6-23(7-2)15-12-18(24-8-3)20-19(13-15)25-17-11-14(22(4)5)9-10-16(17)21-20/h9-13H,6-8H2,1-5H3/q+1. The van der Waals surface area contributed by atoms with Crippen LogP contribution in [0.3, 0.4) is 0 Å². The number of hydrogen-bond donors (Lipinski definition) is 0. The van der Waals surface area contributed by atoms with E-state index in [9.17, 15) is 0 Å². The van der Waals surface area contributed by atoms with Gasteiger partial charge in [0.15, 0.2) is 17.1 Å². The summed E-state index contributed by atoms with van der Waals surface area (Å²) in [6, 6.07) is 10.2. The van der Waals surface area contributed by atoms with Gasteiger partial charge in [0, 0.05) is 37.0 Å². The van der Waals surface area contributed by atoms with Crippen LogP contribution in [0.4, 0.5) is 5.69 Å². The highest BCUT2D eigenvalue weighted by atomic mass is 16.5. The zero-order chi connectivity index (χ0) is 18.0. The van der Waals surface area contributed by atoms with Crippen molar-refractivity contribution in [2.24, 2.45) is 0 Å². The molecule has 0 unspecified atom stereocenters. The van der Waals surface area contributed by atoms with Gasteiger partial charge in [0.05, 0.1) is 12.7 Å². The van der Waals surface area contributed by atoms with Crippen molar-refractivity contribution in [3.05, 3.63) is 35.7 Å². The molecule has 0 bridgehead atoms. The number of nitrogens with zero attached hydrogens (tertiary/aromatic N) is 3. The van der Waals surface area contributed by atoms with Gasteiger partial charge in [-0.3, -0.25) is 0 Å². The highest BCUT2D eigenvalue weighted by molar-refractivity contribution is 5.86. The first kappa shape index (κ1) is 17.3. The molecular weight excluding hydrogens is 314 g/mol. The minimum Gasteiger partial charge on any atom is -0.491 e. The van der Waals surface area contributed by atoms with E-state index < -0.39 is 0 Å². The summed E-state index contributed by atoms with van der Waals surface area (Å²) >= 11 is 0. The predicted octanol–water partition coefficient (Wildman–Crippen LogP) is 3.21. The van der Waals surface area contributed by atoms with E-state index in [0.717, 1.165) is 52.4 Å². The fraction of sp³-hybridized carbons (Fsp3) is 0.400. The number of benzene rings is 2. The molecule has 25 heavy (non-hydrogen) atoms. The second-order valence-electron chi connectivity index (χ2n) is 6.16. The van der Waals surface area contributed by atoms with Crippen molar-refractivity contribution in [3.8, 4) is 17.2 Å². The first-order valence-corrected chi connectivity index (χ1v) is 8.84. The quantitative estimate of drug-likeness (QED) is 0.528. The van der Waals surface area contributed by atoms with Crippen LogP contribution < -0.4 is 19.6 Å². The summed E-state index contributed by atoms with van der Waals surface area (Å²) in [6.45, 7) is 8.73. The van der Waals surface area contributed by atoms with Gasteiger partial charge in [-0.25, -0.2) is 9.56 Å². The molecule has 132 valence electrons. The molecule has 2 aliphatic rings. The minimum absolute atomic E-state index is 0.593. The van der Waals surface area contributed by atoms with E-state index >= 15 is 0 Å². The Kier molecular flexibility index (Phi) is 4.93. The molecule has 1 aliphatic carbocycles. The van der Waals surface area contributed by atoms with E-state index in [2.05, 4.69) is 35.5 Å². The van der Waals surface area contributed by atoms with Crippen molar-refractivity contribution in [1.82, 2.24) is 9.56 Å². The lowest BCUT2D eigenvalue weighted by Gasteiger charge is -2.22. The number of rotatable bonds is 5. The van der Waals surface area contributed by atoms with Crippen LogP contribution in [0.25, 0.3) is 22.6 Å². The fourth-order valence-corrected chi connectivity index (χ4v) is 2.99. The number of fused-ring (bicyclic) bond motifs is 2. The predicted molar refractivity (Wildman–Crippen MR) is 102 cm³/mol. The third-order valence-corrected chi connectivity index (χ3v) is 4.37. The molecule has 0 radical (unpaired) electrons. The topological polar surface area (TPSA) is 41.5 Å². The molecule has 0 spiro atoms. The SMILES string of the molecule is CCOc1cc(N(CC)CC)cc2oc3cc(=[N+](C)C)ccc-3nc12. The van der Waals surface area contributed by atoms with Gasteiger partial charge in [-0.2, -0.15) is 0 Å². The van der Waals surface area contributed by atoms with Crippen LogP contribution in [0.2, 0.25) is 0 Å². The Balaban J connectivity index is 2.30. The van der Waals surface area contributed by atoms with Crippen molar-refractivity contribution in [2.75, 3.05) is 38.7 Å². The molecule has 1 heterocycles. The van der Waals surface area contributed by atoms with E-state index in [-0.39, 0.29) is 0 Å². The van der Waals surface area contributed by atoms with Gasteiger partial charge >= 0.3 is 0 Å². The average molecular weight is 340 g/mol. The number of ether oxygens (including phenoxy) is 1. The monoisotopic (exact) mass is 340 g/mol. The smallest absolute Gasteiger partial charge is 0.203 e. The molecule has 5 heteroatoms. The summed E-state index contributed by atoms with van der Waals surface area (Å²) < 4.78 is 14.1. The van der Waals surface area contributed by atoms with Gasteiger partial charge in [0.25, 0.3) is 0 Å². The third kappa shape index (κ3) is 3.31. The maximum absolute atomic E-state index is 6.21. The molecule has 1 aromatic carbocycles. The molecule has 0 atom stereocenters. The number of hydrogen-bond acceptors (Lipinski definition) is 4. The normalized spacial score (nSPS) is 11.1. The van der Waals surface area contributed by atoms with E-state index in [1.165, 1.54) is 0 Å². The van der Waals surface area contributed by atoms with Gasteiger partial charge < -0.3 is 14.1 Å². The molecule has 0 fully saturated rings. The van der Waals surface area contributed by atoms with E-state index in [1.807, 2.05) is 39.2 Å². The van der Waals surface area contributed by atoms with Crippen molar-refractivity contribution in [2.45, 2.75) is 20.8 Å². The van der Waals surface area contributed by atoms with Crippen LogP contribution >= 0.6 is 0 Å². The molecule has 0 amide bonds. The zero-order valence-corrected chi connectivity index (χ0v) is 15.7. The fourth-order valence-electron chi connectivity index (χ4n) is 2.99. The van der Waals surface area contributed by atoms with Gasteiger partial charge in [0.1, 0.15) is 25.3 Å². The molecule has 1 aromatic rings. The lowest BCUT2D eigenvalue weighted by molar-refractivity contribution is 0.343. The van der Waals surface area contributed by atoms with Gasteiger partial charge in [-0.15, -0.1) is 0 Å². The largest absolute Gasteiger partial charge is 0.491 e. The van der Waals surface area contributed by atoms with E-state index in [1.54, 1.807) is 0 Å². The maximum atomic E-state index is 6.21. The summed E-state index contributed by atoms with van der Waals surface area (Å²) in [6.07, 6.45) is 0. The second kappa shape index (κ2) is 7.13. The lowest BCUT2D eigenvalue weighted by atomic mass is 10.2. The minimum atomic E-state index is 0.593. The summed E-state index contributed by atoms with van der Waals surface area (Å²) in [5.41, 5.74) is 3.43. The molecule has 0 saturated heterocycles. The van der Waals surface area contributed by atoms with Crippen molar-refractivity contribution in [1.29, 1.82) is 0 Å². The van der Waals surface area contributed by atoms with Crippen LogP contribution in [-0.2, 0) is 0 Å². The number of anilines is 1. The molecule has 5 nitrogen and oxygen atoms in total. The molecule has 1 aliphatic heterocycles. The summed E-state index contributed by atoms with van der Waals surface area (Å²) in [7, 11) is 4.03. The molecule has 0 N–H and O–H groups in total. The maximum Gasteiger partial charge on any atom is 0.203 e. The Morgan fingerprint density at radius 2 is 1.84 bits per heavy atom. The summed E-state index contributed by atoms with van der Waals surface area (Å²) in [5, 5.41) is 1.09. The molecule has 3 rings (SSSR count). The lowest BCUT2D eigenvalue weighted by Crippen LogP contribution is -2.22. The zero-order valence-electron chi connectivity index (χ0n) is 15.7. The van der Waals surface area contributed by atoms with Crippen LogP contribution in [0, 0.1) is 0 Å². The van der Waals surface area contributed by atoms with Crippen molar-refractivity contribution in [3.63, 3.8) is 0 Å². The highest BCUT2D eigenvalue weighted by Gasteiger charge is 2.16. The Hall–Kier alpha value is -2.56.